The van der Waals surface area contributed by atoms with Gasteiger partial charge in [-0.2, -0.15) is 13.2 Å². The van der Waals surface area contributed by atoms with Gasteiger partial charge in [0.25, 0.3) is 0 Å². The fourth-order valence-corrected chi connectivity index (χ4v) is 2.77. The molecule has 19 heavy (non-hydrogen) atoms. The number of hydrogen-bond acceptors (Lipinski definition) is 5. The summed E-state index contributed by atoms with van der Waals surface area (Å²) in [6, 6.07) is 3.64. The van der Waals surface area contributed by atoms with E-state index < -0.39 is 18.2 Å². The van der Waals surface area contributed by atoms with Crippen molar-refractivity contribution in [3.63, 3.8) is 0 Å². The van der Waals surface area contributed by atoms with E-state index in [0.29, 0.717) is 5.01 Å². The number of hydrogen-bond donors (Lipinski definition) is 0. The van der Waals surface area contributed by atoms with Crippen molar-refractivity contribution in [2.45, 2.75) is 19.2 Å². The van der Waals surface area contributed by atoms with Crippen LogP contribution in [0.2, 0.25) is 0 Å². The molecule has 2 aromatic heterocycles. The highest BCUT2D eigenvalue weighted by molar-refractivity contribution is 7.20. The molecule has 0 aliphatic rings. The van der Waals surface area contributed by atoms with Gasteiger partial charge >= 0.3 is 12.1 Å². The van der Waals surface area contributed by atoms with Crippen molar-refractivity contribution in [3.05, 3.63) is 28.6 Å². The molecule has 8 heteroatoms. The molecule has 0 aliphatic heterocycles. The van der Waals surface area contributed by atoms with Gasteiger partial charge in [-0.15, -0.1) is 22.7 Å². The first-order valence-corrected chi connectivity index (χ1v) is 6.91. The van der Waals surface area contributed by atoms with Gasteiger partial charge in [-0.1, -0.05) is 6.07 Å². The number of ether oxygens (including phenoxy) is 1. The Bertz CT molecular complexity index is 563. The quantitative estimate of drug-likeness (QED) is 0.805. The van der Waals surface area contributed by atoms with Crippen LogP contribution in [0.5, 0.6) is 0 Å². The van der Waals surface area contributed by atoms with Crippen molar-refractivity contribution in [2.24, 2.45) is 0 Å². The Kier molecular flexibility index (Phi) is 3.91. The Morgan fingerprint density at radius 3 is 2.74 bits per heavy atom. The van der Waals surface area contributed by atoms with Gasteiger partial charge in [0.2, 0.25) is 0 Å². The SMILES string of the molecule is C[C@@H](OC(=O)c1csc(-c2cccs2)n1)C(F)(F)F. The molecule has 0 amide bonds. The van der Waals surface area contributed by atoms with E-state index in [1.165, 1.54) is 28.1 Å². The molecule has 102 valence electrons. The molecular formula is C11H8F3NO2S2. The molecule has 0 saturated heterocycles. The minimum atomic E-state index is -4.57. The first-order chi connectivity index (χ1) is 8.88. The first-order valence-electron chi connectivity index (χ1n) is 5.15. The molecule has 2 rings (SSSR count). The lowest BCUT2D eigenvalue weighted by Gasteiger charge is -2.15. The second-order valence-corrected chi connectivity index (χ2v) is 5.41. The topological polar surface area (TPSA) is 39.2 Å². The van der Waals surface area contributed by atoms with E-state index in [1.54, 1.807) is 0 Å². The number of carbonyl (C=O) groups is 1. The molecule has 2 aromatic rings. The van der Waals surface area contributed by atoms with E-state index in [4.69, 9.17) is 0 Å². The number of carbonyl (C=O) groups excluding carboxylic acids is 1. The zero-order chi connectivity index (χ0) is 14.0. The minimum absolute atomic E-state index is 0.107. The molecule has 0 aliphatic carbocycles. The van der Waals surface area contributed by atoms with E-state index >= 15 is 0 Å². The van der Waals surface area contributed by atoms with Gasteiger partial charge in [-0.3, -0.25) is 0 Å². The van der Waals surface area contributed by atoms with Crippen LogP contribution in [-0.4, -0.2) is 23.2 Å². The largest absolute Gasteiger partial charge is 0.448 e. The molecule has 0 N–H and O–H groups in total. The summed E-state index contributed by atoms with van der Waals surface area (Å²) in [4.78, 5) is 16.3. The normalized spacial score (nSPS) is 13.3. The van der Waals surface area contributed by atoms with Crippen molar-refractivity contribution in [1.29, 1.82) is 0 Å². The Labute approximate surface area is 114 Å². The summed E-state index contributed by atoms with van der Waals surface area (Å²) in [7, 11) is 0. The summed E-state index contributed by atoms with van der Waals surface area (Å²) in [6.45, 7) is 0.782. The fraction of sp³-hybridized carbons (Fsp3) is 0.273. The third-order valence-electron chi connectivity index (χ3n) is 2.19. The Morgan fingerprint density at radius 1 is 1.42 bits per heavy atom. The maximum atomic E-state index is 12.3. The van der Waals surface area contributed by atoms with Crippen LogP contribution in [0.4, 0.5) is 13.2 Å². The van der Waals surface area contributed by atoms with Gasteiger partial charge in [0, 0.05) is 5.38 Å². The van der Waals surface area contributed by atoms with Crippen molar-refractivity contribution in [1.82, 2.24) is 4.98 Å². The van der Waals surface area contributed by atoms with E-state index in [2.05, 4.69) is 9.72 Å². The Balaban J connectivity index is 2.09. The average molecular weight is 307 g/mol. The van der Waals surface area contributed by atoms with Crippen LogP contribution in [0, 0.1) is 0 Å². The van der Waals surface area contributed by atoms with Gasteiger partial charge in [0.05, 0.1) is 4.88 Å². The number of esters is 1. The first kappa shape index (κ1) is 14.0. The lowest BCUT2D eigenvalue weighted by molar-refractivity contribution is -0.198. The minimum Gasteiger partial charge on any atom is -0.448 e. The molecule has 0 radical (unpaired) electrons. The molecule has 0 spiro atoms. The smallest absolute Gasteiger partial charge is 0.425 e. The highest BCUT2D eigenvalue weighted by Gasteiger charge is 2.39. The summed E-state index contributed by atoms with van der Waals surface area (Å²) in [5.41, 5.74) is -0.107. The number of aromatic nitrogens is 1. The number of rotatable bonds is 3. The lowest BCUT2D eigenvalue weighted by atomic mass is 10.4. The Morgan fingerprint density at radius 2 is 2.16 bits per heavy atom. The van der Waals surface area contributed by atoms with Crippen LogP contribution in [-0.2, 0) is 4.74 Å². The number of alkyl halides is 3. The fourth-order valence-electron chi connectivity index (χ4n) is 1.17. The van der Waals surface area contributed by atoms with Crippen LogP contribution >= 0.6 is 22.7 Å². The van der Waals surface area contributed by atoms with Gasteiger partial charge < -0.3 is 4.74 Å². The highest BCUT2D eigenvalue weighted by atomic mass is 32.1. The van der Waals surface area contributed by atoms with Gasteiger partial charge in [0.15, 0.2) is 11.8 Å². The third kappa shape index (κ3) is 3.32. The molecule has 0 saturated carbocycles. The zero-order valence-corrected chi connectivity index (χ0v) is 11.2. The second kappa shape index (κ2) is 5.30. The average Bonchev–Trinajstić information content (AvgIpc) is 2.98. The molecule has 0 aromatic carbocycles. The summed E-state index contributed by atoms with van der Waals surface area (Å²) in [5.74, 6) is -1.07. The molecule has 2 heterocycles. The van der Waals surface area contributed by atoms with Crippen molar-refractivity contribution in [2.75, 3.05) is 0 Å². The summed E-state index contributed by atoms with van der Waals surface area (Å²) in [6.07, 6.45) is -6.71. The van der Waals surface area contributed by atoms with Crippen LogP contribution in [0.25, 0.3) is 9.88 Å². The molecule has 0 bridgehead atoms. The summed E-state index contributed by atoms with van der Waals surface area (Å²) < 4.78 is 41.1. The van der Waals surface area contributed by atoms with E-state index in [-0.39, 0.29) is 5.69 Å². The van der Waals surface area contributed by atoms with E-state index in [0.717, 1.165) is 11.8 Å². The maximum Gasteiger partial charge on any atom is 0.425 e. The standard InChI is InChI=1S/C11H8F3NO2S2/c1-6(11(12,13)14)17-10(16)7-5-19-9(15-7)8-3-2-4-18-8/h2-6H,1H3/t6-/m1/s1. The third-order valence-corrected chi connectivity index (χ3v) is 4.07. The molecule has 0 fully saturated rings. The molecule has 1 atom stereocenters. The number of thiophene rings is 1. The van der Waals surface area contributed by atoms with Crippen LogP contribution in [0.15, 0.2) is 22.9 Å². The highest BCUT2D eigenvalue weighted by Crippen LogP contribution is 2.29. The summed E-state index contributed by atoms with van der Waals surface area (Å²) in [5, 5.41) is 3.82. The summed E-state index contributed by atoms with van der Waals surface area (Å²) >= 11 is 2.62. The van der Waals surface area contributed by atoms with Crippen molar-refractivity contribution in [3.8, 4) is 9.88 Å². The second-order valence-electron chi connectivity index (χ2n) is 3.60. The zero-order valence-electron chi connectivity index (χ0n) is 9.60. The van der Waals surface area contributed by atoms with Crippen LogP contribution in [0.3, 0.4) is 0 Å². The van der Waals surface area contributed by atoms with Crippen LogP contribution in [0.1, 0.15) is 17.4 Å². The monoisotopic (exact) mass is 307 g/mol. The molecule has 0 unspecified atom stereocenters. The van der Waals surface area contributed by atoms with E-state index in [9.17, 15) is 18.0 Å². The van der Waals surface area contributed by atoms with Crippen molar-refractivity contribution >= 4 is 28.6 Å². The van der Waals surface area contributed by atoms with Gasteiger partial charge in [0.1, 0.15) is 5.01 Å². The number of nitrogens with zero attached hydrogens (tertiary/aromatic N) is 1. The van der Waals surface area contributed by atoms with Gasteiger partial charge in [-0.25, -0.2) is 9.78 Å². The predicted octanol–water partition coefficient (Wildman–Crippen LogP) is 3.98. The van der Waals surface area contributed by atoms with Gasteiger partial charge in [-0.05, 0) is 18.4 Å². The predicted molar refractivity (Wildman–Crippen MR) is 66.4 cm³/mol. The molecular weight excluding hydrogens is 299 g/mol. The number of thiazole rings is 1. The maximum absolute atomic E-state index is 12.3. The van der Waals surface area contributed by atoms with Crippen molar-refractivity contribution < 1.29 is 22.7 Å². The van der Waals surface area contributed by atoms with E-state index in [1.807, 2.05) is 17.5 Å². The van der Waals surface area contributed by atoms with Crippen LogP contribution < -0.4 is 0 Å². The molecule has 3 nitrogen and oxygen atoms in total. The Hall–Kier alpha value is -1.41. The number of halogens is 3. The lowest BCUT2D eigenvalue weighted by Crippen LogP contribution is -2.31.